The first-order valence-electron chi connectivity index (χ1n) is 5.29. The molecule has 2 aromatic rings. The number of hydrogen-bond donors (Lipinski definition) is 2. The largest absolute Gasteiger partial charge is 0.505 e. The van der Waals surface area contributed by atoms with E-state index in [1.807, 2.05) is 19.9 Å². The lowest BCUT2D eigenvalue weighted by Crippen LogP contribution is -2.23. The van der Waals surface area contributed by atoms with Gasteiger partial charge in [-0.2, -0.15) is 0 Å². The van der Waals surface area contributed by atoms with Gasteiger partial charge in [0.2, 0.25) is 0 Å². The van der Waals surface area contributed by atoms with Gasteiger partial charge in [-0.05, 0) is 31.5 Å². The molecule has 17 heavy (non-hydrogen) atoms. The van der Waals surface area contributed by atoms with Crippen molar-refractivity contribution in [1.82, 2.24) is 4.57 Å². The number of nitrogens with two attached hydrogens (primary N) is 1. The highest BCUT2D eigenvalue weighted by Crippen LogP contribution is 2.32. The first-order valence-corrected chi connectivity index (χ1v) is 6.08. The van der Waals surface area contributed by atoms with Crippen molar-refractivity contribution in [3.05, 3.63) is 32.5 Å². The predicted molar refractivity (Wildman–Crippen MR) is 72.4 cm³/mol. The maximum atomic E-state index is 12.0. The van der Waals surface area contributed by atoms with E-state index < -0.39 is 0 Å². The van der Waals surface area contributed by atoms with Crippen LogP contribution in [0.1, 0.15) is 12.5 Å². The zero-order valence-corrected chi connectivity index (χ0v) is 11.2. The summed E-state index contributed by atoms with van der Waals surface area (Å²) < 4.78 is 2.47. The number of halogens is 1. The highest BCUT2D eigenvalue weighted by molar-refractivity contribution is 9.10. The van der Waals surface area contributed by atoms with E-state index in [0.717, 1.165) is 15.6 Å². The zero-order valence-electron chi connectivity index (χ0n) is 9.62. The van der Waals surface area contributed by atoms with E-state index in [1.54, 1.807) is 10.6 Å². The molecule has 0 aliphatic heterocycles. The molecule has 0 aliphatic rings. The molecule has 3 N–H and O–H groups in total. The first-order chi connectivity index (χ1) is 7.99. The maximum Gasteiger partial charge on any atom is 0.278 e. The predicted octanol–water partition coefficient (Wildman–Crippen LogP) is 2.38. The van der Waals surface area contributed by atoms with Crippen molar-refractivity contribution < 1.29 is 5.11 Å². The molecular formula is C12H13BrN2O2. The summed E-state index contributed by atoms with van der Waals surface area (Å²) in [6.45, 7) is 4.28. The van der Waals surface area contributed by atoms with Crippen LogP contribution in [0.15, 0.2) is 21.4 Å². The highest BCUT2D eigenvalue weighted by atomic mass is 79.9. The molecule has 0 bridgehead atoms. The highest BCUT2D eigenvalue weighted by Gasteiger charge is 2.15. The van der Waals surface area contributed by atoms with Gasteiger partial charge in [-0.3, -0.25) is 4.79 Å². The zero-order chi connectivity index (χ0) is 12.7. The summed E-state index contributed by atoms with van der Waals surface area (Å²) in [6, 6.07) is 3.59. The van der Waals surface area contributed by atoms with Gasteiger partial charge in [0.15, 0.2) is 5.75 Å². The summed E-state index contributed by atoms with van der Waals surface area (Å²) in [4.78, 5) is 12.0. The number of anilines is 1. The van der Waals surface area contributed by atoms with Crippen LogP contribution in [0.2, 0.25) is 0 Å². The number of hydrogen-bond acceptors (Lipinski definition) is 3. The van der Waals surface area contributed by atoms with Crippen molar-refractivity contribution in [2.24, 2.45) is 0 Å². The molecule has 0 fully saturated rings. The Morgan fingerprint density at radius 3 is 2.71 bits per heavy atom. The third-order valence-corrected chi connectivity index (χ3v) is 3.80. The van der Waals surface area contributed by atoms with E-state index in [4.69, 9.17) is 5.73 Å². The van der Waals surface area contributed by atoms with Crippen molar-refractivity contribution in [2.45, 2.75) is 20.4 Å². The van der Waals surface area contributed by atoms with E-state index in [9.17, 15) is 9.90 Å². The number of benzene rings is 1. The Labute approximate surface area is 107 Å². The number of aromatic nitrogens is 1. The monoisotopic (exact) mass is 296 g/mol. The molecule has 0 atom stereocenters. The second-order valence-electron chi connectivity index (χ2n) is 3.88. The molecule has 0 radical (unpaired) electrons. The molecule has 2 rings (SSSR count). The van der Waals surface area contributed by atoms with Crippen molar-refractivity contribution >= 4 is 32.5 Å². The normalized spacial score (nSPS) is 11.0. The van der Waals surface area contributed by atoms with E-state index in [1.165, 1.54) is 0 Å². The van der Waals surface area contributed by atoms with E-state index in [0.29, 0.717) is 11.9 Å². The lowest BCUT2D eigenvalue weighted by molar-refractivity contribution is 0.482. The Kier molecular flexibility index (Phi) is 2.87. The van der Waals surface area contributed by atoms with Crippen LogP contribution in [-0.2, 0) is 6.54 Å². The average Bonchev–Trinajstić information content (AvgIpc) is 2.32. The quantitative estimate of drug-likeness (QED) is 0.849. The molecule has 0 amide bonds. The van der Waals surface area contributed by atoms with Gasteiger partial charge in [-0.1, -0.05) is 15.9 Å². The van der Waals surface area contributed by atoms with Crippen LogP contribution < -0.4 is 11.3 Å². The lowest BCUT2D eigenvalue weighted by Gasteiger charge is -2.14. The van der Waals surface area contributed by atoms with Crippen LogP contribution in [0.25, 0.3) is 10.9 Å². The summed E-state index contributed by atoms with van der Waals surface area (Å²) in [5.41, 5.74) is 6.81. The molecular weight excluding hydrogens is 284 g/mol. The summed E-state index contributed by atoms with van der Waals surface area (Å²) in [7, 11) is 0. The topological polar surface area (TPSA) is 68.2 Å². The van der Waals surface area contributed by atoms with Crippen molar-refractivity contribution in [3.8, 4) is 5.75 Å². The Morgan fingerprint density at radius 2 is 2.12 bits per heavy atom. The number of fused-ring (bicyclic) bond motifs is 1. The molecule has 5 heteroatoms. The van der Waals surface area contributed by atoms with Gasteiger partial charge < -0.3 is 15.4 Å². The average molecular weight is 297 g/mol. The third-order valence-electron chi connectivity index (χ3n) is 2.94. The first kappa shape index (κ1) is 12.0. The molecule has 4 nitrogen and oxygen atoms in total. The summed E-state index contributed by atoms with van der Waals surface area (Å²) in [5, 5.41) is 10.5. The Morgan fingerprint density at radius 1 is 1.47 bits per heavy atom. The summed E-state index contributed by atoms with van der Waals surface area (Å²) in [5.74, 6) is -0.134. The van der Waals surface area contributed by atoms with Crippen molar-refractivity contribution in [1.29, 1.82) is 0 Å². The Hall–Kier alpha value is -1.49. The molecule has 0 unspecified atom stereocenters. The van der Waals surface area contributed by atoms with Gasteiger partial charge in [-0.15, -0.1) is 0 Å². The molecule has 0 saturated heterocycles. The number of aryl methyl sites for hydroxylation is 2. The lowest BCUT2D eigenvalue weighted by atomic mass is 10.1. The van der Waals surface area contributed by atoms with Crippen LogP contribution in [0.4, 0.5) is 5.69 Å². The minimum absolute atomic E-state index is 0.0962. The number of nitrogen functional groups attached to an aromatic ring is 1. The second kappa shape index (κ2) is 4.07. The standard InChI is InChI=1S/C12H13BrN2O2/c1-3-15-10-6(2)8(13)5-4-7(10)11(16)9(14)12(15)17/h4-5,16H,3,14H2,1-2H3. The van der Waals surface area contributed by atoms with Crippen LogP contribution in [0, 0.1) is 6.92 Å². The Bertz CT molecular complexity index is 662. The molecule has 1 aromatic carbocycles. The summed E-state index contributed by atoms with van der Waals surface area (Å²) in [6.07, 6.45) is 0. The fourth-order valence-corrected chi connectivity index (χ4v) is 2.33. The Balaban J connectivity index is 3.13. The molecule has 0 saturated carbocycles. The molecule has 0 aliphatic carbocycles. The number of pyridine rings is 1. The van der Waals surface area contributed by atoms with Crippen LogP contribution >= 0.6 is 15.9 Å². The number of nitrogens with zero attached hydrogens (tertiary/aromatic N) is 1. The van der Waals surface area contributed by atoms with Crippen LogP contribution in [0.3, 0.4) is 0 Å². The van der Waals surface area contributed by atoms with Crippen molar-refractivity contribution in [2.75, 3.05) is 5.73 Å². The maximum absolute atomic E-state index is 12.0. The van der Waals surface area contributed by atoms with Gasteiger partial charge in [0.25, 0.3) is 5.56 Å². The molecule has 90 valence electrons. The van der Waals surface area contributed by atoms with Crippen LogP contribution in [-0.4, -0.2) is 9.67 Å². The van der Waals surface area contributed by atoms with E-state index in [-0.39, 0.29) is 17.0 Å². The van der Waals surface area contributed by atoms with Crippen molar-refractivity contribution in [3.63, 3.8) is 0 Å². The molecule has 1 aromatic heterocycles. The number of aromatic hydroxyl groups is 1. The fraction of sp³-hybridized carbons (Fsp3) is 0.250. The minimum atomic E-state index is -0.348. The van der Waals surface area contributed by atoms with E-state index >= 15 is 0 Å². The van der Waals surface area contributed by atoms with Gasteiger partial charge in [-0.25, -0.2) is 0 Å². The van der Waals surface area contributed by atoms with Gasteiger partial charge in [0, 0.05) is 16.4 Å². The van der Waals surface area contributed by atoms with Crippen LogP contribution in [0.5, 0.6) is 5.75 Å². The van der Waals surface area contributed by atoms with Gasteiger partial charge in [0.1, 0.15) is 5.69 Å². The molecule has 0 spiro atoms. The second-order valence-corrected chi connectivity index (χ2v) is 4.73. The van der Waals surface area contributed by atoms with E-state index in [2.05, 4.69) is 15.9 Å². The van der Waals surface area contributed by atoms with Gasteiger partial charge >= 0.3 is 0 Å². The third kappa shape index (κ3) is 1.61. The van der Waals surface area contributed by atoms with Gasteiger partial charge in [0.05, 0.1) is 5.52 Å². The smallest absolute Gasteiger partial charge is 0.278 e. The number of rotatable bonds is 1. The molecule has 1 heterocycles. The fourth-order valence-electron chi connectivity index (χ4n) is 2.01. The summed E-state index contributed by atoms with van der Waals surface area (Å²) >= 11 is 3.42. The SMILES string of the molecule is CCn1c(=O)c(N)c(O)c2ccc(Br)c(C)c21. The minimum Gasteiger partial charge on any atom is -0.505 e.